The highest BCUT2D eigenvalue weighted by atomic mass is 16.1. The van der Waals surface area contributed by atoms with Gasteiger partial charge in [-0.25, -0.2) is 4.68 Å². The lowest BCUT2D eigenvalue weighted by atomic mass is 9.94. The number of nitrogens with zero attached hydrogens (tertiary/aromatic N) is 4. The lowest BCUT2D eigenvalue weighted by molar-refractivity contribution is -0.122. The molecule has 0 bridgehead atoms. The minimum Gasteiger partial charge on any atom is -0.370 e. The van der Waals surface area contributed by atoms with Gasteiger partial charge in [0.25, 0.3) is 5.56 Å². The van der Waals surface area contributed by atoms with Crippen LogP contribution in [-0.4, -0.2) is 33.8 Å². The minimum atomic E-state index is -0.0821. The number of amides is 1. The van der Waals surface area contributed by atoms with Crippen molar-refractivity contribution in [2.24, 2.45) is 5.92 Å². The predicted octanol–water partition coefficient (Wildman–Crippen LogP) is 1.58. The van der Waals surface area contributed by atoms with E-state index in [1.54, 1.807) is 24.7 Å². The van der Waals surface area contributed by atoms with Crippen molar-refractivity contribution in [1.82, 2.24) is 20.1 Å². The van der Waals surface area contributed by atoms with Crippen molar-refractivity contribution < 1.29 is 4.79 Å². The van der Waals surface area contributed by atoms with Crippen LogP contribution in [0.5, 0.6) is 0 Å². The van der Waals surface area contributed by atoms with Crippen LogP contribution in [0.15, 0.2) is 41.6 Å². The third-order valence-electron chi connectivity index (χ3n) is 4.73. The molecule has 1 amide bonds. The van der Waals surface area contributed by atoms with Crippen LogP contribution in [0.3, 0.4) is 0 Å². The van der Waals surface area contributed by atoms with Gasteiger partial charge in [0, 0.05) is 51.1 Å². The van der Waals surface area contributed by atoms with E-state index in [-0.39, 0.29) is 17.4 Å². The van der Waals surface area contributed by atoms with E-state index in [0.29, 0.717) is 19.5 Å². The Kier molecular flexibility index (Phi) is 5.99. The van der Waals surface area contributed by atoms with Crippen LogP contribution in [0.1, 0.15) is 31.7 Å². The van der Waals surface area contributed by atoms with E-state index < -0.39 is 0 Å². The number of aryl methyl sites for hydroxylation is 1. The Hall–Kier alpha value is -2.70. The molecule has 2 aromatic rings. The van der Waals surface area contributed by atoms with Crippen LogP contribution in [0, 0.1) is 5.92 Å². The number of pyridine rings is 1. The molecule has 0 radical (unpaired) electrons. The van der Waals surface area contributed by atoms with Crippen molar-refractivity contribution in [3.05, 3.63) is 52.7 Å². The fraction of sp³-hybridized carbons (Fsp3) is 0.474. The maximum Gasteiger partial charge on any atom is 0.268 e. The van der Waals surface area contributed by atoms with Crippen LogP contribution in [0.4, 0.5) is 5.69 Å². The van der Waals surface area contributed by atoms with Crippen molar-refractivity contribution in [3.63, 3.8) is 0 Å². The summed E-state index contributed by atoms with van der Waals surface area (Å²) < 4.78 is 1.44. The molecular weight excluding hydrogens is 330 g/mol. The van der Waals surface area contributed by atoms with E-state index in [1.165, 1.54) is 4.68 Å². The Morgan fingerprint density at radius 2 is 2.27 bits per heavy atom. The van der Waals surface area contributed by atoms with Crippen molar-refractivity contribution >= 4 is 11.6 Å². The molecule has 0 spiro atoms. The van der Waals surface area contributed by atoms with Gasteiger partial charge >= 0.3 is 0 Å². The molecule has 1 unspecified atom stereocenters. The molecule has 0 aromatic carbocycles. The molecular formula is C19H25N5O2. The first-order valence-electron chi connectivity index (χ1n) is 9.13. The maximum atomic E-state index is 12.2. The number of nitrogens with one attached hydrogen (secondary N) is 1. The summed E-state index contributed by atoms with van der Waals surface area (Å²) in [5.74, 6) is 0.339. The number of piperidine rings is 1. The maximum absolute atomic E-state index is 12.2. The largest absolute Gasteiger partial charge is 0.370 e. The number of carbonyl (C=O) groups is 1. The number of aromatic nitrogens is 3. The molecule has 1 fully saturated rings. The summed E-state index contributed by atoms with van der Waals surface area (Å²) in [6.45, 7) is 4.64. The predicted molar refractivity (Wildman–Crippen MR) is 99.8 cm³/mol. The second-order valence-electron chi connectivity index (χ2n) is 6.66. The molecule has 1 aliphatic heterocycles. The topological polar surface area (TPSA) is 80.1 Å². The summed E-state index contributed by atoms with van der Waals surface area (Å²) in [5, 5.41) is 7.16. The smallest absolute Gasteiger partial charge is 0.268 e. The molecule has 7 nitrogen and oxygen atoms in total. The van der Waals surface area contributed by atoms with E-state index in [4.69, 9.17) is 0 Å². The molecule has 1 aliphatic rings. The average molecular weight is 355 g/mol. The molecule has 1 N–H and O–H groups in total. The van der Waals surface area contributed by atoms with Gasteiger partial charge in [-0.1, -0.05) is 6.07 Å². The van der Waals surface area contributed by atoms with E-state index in [1.807, 2.05) is 19.1 Å². The highest BCUT2D eigenvalue weighted by Crippen LogP contribution is 2.23. The molecule has 1 atom stereocenters. The molecule has 1 saturated heterocycles. The Balaban J connectivity index is 1.54. The minimum absolute atomic E-state index is 0.0558. The van der Waals surface area contributed by atoms with Gasteiger partial charge in [-0.2, -0.15) is 5.10 Å². The van der Waals surface area contributed by atoms with Crippen molar-refractivity contribution in [2.45, 2.75) is 39.3 Å². The highest BCUT2D eigenvalue weighted by Gasteiger charge is 2.23. The zero-order valence-corrected chi connectivity index (χ0v) is 15.1. The molecule has 3 heterocycles. The Morgan fingerprint density at radius 1 is 1.38 bits per heavy atom. The quantitative estimate of drug-likeness (QED) is 0.851. The van der Waals surface area contributed by atoms with Crippen molar-refractivity contribution in [3.8, 4) is 0 Å². The number of rotatable bonds is 6. The second kappa shape index (κ2) is 8.60. The van der Waals surface area contributed by atoms with Crippen molar-refractivity contribution in [2.75, 3.05) is 18.0 Å². The van der Waals surface area contributed by atoms with Crippen LogP contribution in [0.25, 0.3) is 0 Å². The van der Waals surface area contributed by atoms with Crippen LogP contribution in [-0.2, 0) is 17.9 Å². The van der Waals surface area contributed by atoms with Crippen molar-refractivity contribution in [1.29, 1.82) is 0 Å². The van der Waals surface area contributed by atoms with E-state index in [2.05, 4.69) is 20.3 Å². The summed E-state index contributed by atoms with van der Waals surface area (Å²) >= 11 is 0. The van der Waals surface area contributed by atoms with E-state index in [9.17, 15) is 9.59 Å². The Labute approximate surface area is 153 Å². The molecule has 138 valence electrons. The number of hydrogen-bond acceptors (Lipinski definition) is 5. The molecule has 2 aromatic heterocycles. The zero-order chi connectivity index (χ0) is 18.4. The molecule has 7 heteroatoms. The Bertz CT molecular complexity index is 790. The number of carbonyl (C=O) groups excluding carboxylic acids is 1. The van der Waals surface area contributed by atoms with Gasteiger partial charge in [-0.15, -0.1) is 0 Å². The summed E-state index contributed by atoms with van der Waals surface area (Å²) in [6.07, 6.45) is 7.75. The molecule has 0 saturated carbocycles. The SMILES string of the molecule is CCn1ncc(N2CCCC(CC(=O)NCc3cccnc3)C2)cc1=O. The van der Waals surface area contributed by atoms with Gasteiger partial charge in [0.1, 0.15) is 0 Å². The third kappa shape index (κ3) is 4.68. The first-order chi connectivity index (χ1) is 12.7. The average Bonchev–Trinajstić information content (AvgIpc) is 2.67. The zero-order valence-electron chi connectivity index (χ0n) is 15.1. The third-order valence-corrected chi connectivity index (χ3v) is 4.73. The summed E-state index contributed by atoms with van der Waals surface area (Å²) in [4.78, 5) is 30.5. The lowest BCUT2D eigenvalue weighted by Gasteiger charge is -2.33. The second-order valence-corrected chi connectivity index (χ2v) is 6.66. The molecule has 26 heavy (non-hydrogen) atoms. The monoisotopic (exact) mass is 355 g/mol. The van der Waals surface area contributed by atoms with Gasteiger partial charge in [0.15, 0.2) is 0 Å². The summed E-state index contributed by atoms with van der Waals surface area (Å²) in [5.41, 5.74) is 1.76. The van der Waals surface area contributed by atoms with E-state index >= 15 is 0 Å². The fourth-order valence-electron chi connectivity index (χ4n) is 3.34. The number of anilines is 1. The summed E-state index contributed by atoms with van der Waals surface area (Å²) in [7, 11) is 0. The first kappa shape index (κ1) is 18.1. The number of hydrogen-bond donors (Lipinski definition) is 1. The Morgan fingerprint density at radius 3 is 3.00 bits per heavy atom. The summed E-state index contributed by atoms with van der Waals surface area (Å²) in [6, 6.07) is 5.45. The highest BCUT2D eigenvalue weighted by molar-refractivity contribution is 5.76. The van der Waals surface area contributed by atoms with Crippen LogP contribution in [0.2, 0.25) is 0 Å². The van der Waals surface area contributed by atoms with Gasteiger partial charge in [-0.05, 0) is 37.3 Å². The standard InChI is InChI=1S/C19H25N5O2/c1-2-24-19(26)10-17(13-22-24)23-8-4-6-15(14-23)9-18(25)21-12-16-5-3-7-20-11-16/h3,5,7,10-11,13,15H,2,4,6,8-9,12,14H2,1H3,(H,21,25). The van der Waals surface area contributed by atoms with Gasteiger partial charge in [0.05, 0.1) is 11.9 Å². The van der Waals surface area contributed by atoms with Gasteiger partial charge < -0.3 is 10.2 Å². The molecule has 0 aliphatic carbocycles. The van der Waals surface area contributed by atoms with Gasteiger partial charge in [0.2, 0.25) is 5.91 Å². The molecule has 3 rings (SSSR count). The van der Waals surface area contributed by atoms with E-state index in [0.717, 1.165) is 37.2 Å². The van der Waals surface area contributed by atoms with Crippen LogP contribution < -0.4 is 15.8 Å². The van der Waals surface area contributed by atoms with Gasteiger partial charge in [-0.3, -0.25) is 14.6 Å². The fourth-order valence-corrected chi connectivity index (χ4v) is 3.34. The lowest BCUT2D eigenvalue weighted by Crippen LogP contribution is -2.38. The van der Waals surface area contributed by atoms with Crippen LogP contribution >= 0.6 is 0 Å². The first-order valence-corrected chi connectivity index (χ1v) is 9.13. The normalized spacial score (nSPS) is 17.1.